The topological polar surface area (TPSA) is 77.2 Å². The van der Waals surface area contributed by atoms with Crippen molar-refractivity contribution >= 4 is 21.8 Å². The molecule has 0 aliphatic carbocycles. The number of halogens is 1. The Morgan fingerprint density at radius 1 is 1.11 bits per heavy atom. The number of benzene rings is 2. The number of hydrogen-bond donors (Lipinski definition) is 1. The van der Waals surface area contributed by atoms with Crippen LogP contribution in [0.3, 0.4) is 0 Å². The molecule has 0 bridgehead atoms. The molecule has 1 amide bonds. The van der Waals surface area contributed by atoms with Crippen molar-refractivity contribution in [2.45, 2.75) is 19.9 Å². The van der Waals surface area contributed by atoms with Crippen LogP contribution in [-0.4, -0.2) is 23.2 Å². The van der Waals surface area contributed by atoms with Gasteiger partial charge in [-0.05, 0) is 54.4 Å². The van der Waals surface area contributed by atoms with Crippen molar-refractivity contribution in [2.24, 2.45) is 5.92 Å². The van der Waals surface area contributed by atoms with Crippen LogP contribution in [0.1, 0.15) is 36.1 Å². The normalized spacial score (nSPS) is 12.0. The largest absolute Gasteiger partial charge is 0.497 e. The molecule has 0 saturated heterocycles. The summed E-state index contributed by atoms with van der Waals surface area (Å²) in [6.07, 6.45) is 0. The van der Waals surface area contributed by atoms with Gasteiger partial charge in [0.1, 0.15) is 11.8 Å². The molecule has 0 unspecified atom stereocenters. The first-order valence-electron chi connectivity index (χ1n) is 8.52. The maximum atomic E-state index is 12.6. The fraction of sp³-hybridized carbons (Fsp3) is 0.250. The van der Waals surface area contributed by atoms with Crippen molar-refractivity contribution in [3.8, 4) is 17.1 Å². The Bertz CT molecular complexity index is 905. The summed E-state index contributed by atoms with van der Waals surface area (Å²) in [5.74, 6) is 1.43. The Kier molecular flexibility index (Phi) is 5.91. The summed E-state index contributed by atoms with van der Waals surface area (Å²) in [6.45, 7) is 3.98. The molecule has 7 heteroatoms. The zero-order chi connectivity index (χ0) is 19.4. The minimum absolute atomic E-state index is 0.0745. The highest BCUT2D eigenvalue weighted by Crippen LogP contribution is 2.25. The molecule has 2 aromatic carbocycles. The lowest BCUT2D eigenvalue weighted by Gasteiger charge is -2.18. The fourth-order valence-electron chi connectivity index (χ4n) is 2.56. The second-order valence-electron chi connectivity index (χ2n) is 6.39. The highest BCUT2D eigenvalue weighted by molar-refractivity contribution is 9.10. The van der Waals surface area contributed by atoms with Crippen molar-refractivity contribution in [3.05, 3.63) is 64.5 Å². The molecular formula is C20H20BrN3O3. The van der Waals surface area contributed by atoms with Crippen LogP contribution in [0.4, 0.5) is 0 Å². The van der Waals surface area contributed by atoms with E-state index in [2.05, 4.69) is 31.4 Å². The van der Waals surface area contributed by atoms with Crippen molar-refractivity contribution in [2.75, 3.05) is 7.11 Å². The Balaban J connectivity index is 1.79. The molecule has 27 heavy (non-hydrogen) atoms. The van der Waals surface area contributed by atoms with E-state index < -0.39 is 6.04 Å². The number of rotatable bonds is 6. The van der Waals surface area contributed by atoms with Crippen molar-refractivity contribution in [1.82, 2.24) is 15.5 Å². The third-order valence-electron chi connectivity index (χ3n) is 4.12. The third kappa shape index (κ3) is 4.54. The lowest BCUT2D eigenvalue weighted by Crippen LogP contribution is -2.32. The zero-order valence-corrected chi connectivity index (χ0v) is 16.9. The molecule has 3 aromatic rings. The van der Waals surface area contributed by atoms with Gasteiger partial charge in [0.25, 0.3) is 5.91 Å². The Morgan fingerprint density at radius 3 is 2.37 bits per heavy atom. The zero-order valence-electron chi connectivity index (χ0n) is 15.3. The van der Waals surface area contributed by atoms with Crippen LogP contribution in [0.15, 0.2) is 57.5 Å². The van der Waals surface area contributed by atoms with E-state index in [-0.39, 0.29) is 11.8 Å². The highest BCUT2D eigenvalue weighted by atomic mass is 79.9. The summed E-state index contributed by atoms with van der Waals surface area (Å²) < 4.78 is 11.5. The van der Waals surface area contributed by atoms with E-state index >= 15 is 0 Å². The van der Waals surface area contributed by atoms with Gasteiger partial charge in [-0.15, -0.1) is 0 Å². The van der Waals surface area contributed by atoms with E-state index in [9.17, 15) is 4.79 Å². The Labute approximate surface area is 166 Å². The first-order chi connectivity index (χ1) is 13.0. The molecule has 1 atom stereocenters. The lowest BCUT2D eigenvalue weighted by atomic mass is 10.0. The van der Waals surface area contributed by atoms with Crippen LogP contribution in [-0.2, 0) is 0 Å². The molecule has 0 radical (unpaired) electrons. The predicted octanol–water partition coefficient (Wildman–Crippen LogP) is 4.63. The van der Waals surface area contributed by atoms with Gasteiger partial charge in [-0.1, -0.05) is 34.9 Å². The summed E-state index contributed by atoms with van der Waals surface area (Å²) >= 11 is 3.40. The van der Waals surface area contributed by atoms with Crippen LogP contribution in [0.5, 0.6) is 5.75 Å². The van der Waals surface area contributed by atoms with E-state index in [0.29, 0.717) is 23.0 Å². The Morgan fingerprint density at radius 2 is 1.78 bits per heavy atom. The summed E-state index contributed by atoms with van der Waals surface area (Å²) in [4.78, 5) is 17.1. The SMILES string of the molecule is COc1ccc(C(=O)N[C@@H](c2nc(-c3ccc(Br)cc3)no2)C(C)C)cc1. The fourth-order valence-corrected chi connectivity index (χ4v) is 2.82. The van der Waals surface area contributed by atoms with E-state index in [4.69, 9.17) is 9.26 Å². The average molecular weight is 430 g/mol. The van der Waals surface area contributed by atoms with Gasteiger partial charge in [0.05, 0.1) is 7.11 Å². The van der Waals surface area contributed by atoms with Gasteiger partial charge in [-0.3, -0.25) is 4.79 Å². The van der Waals surface area contributed by atoms with Gasteiger partial charge >= 0.3 is 0 Å². The number of amides is 1. The van der Waals surface area contributed by atoms with Crippen molar-refractivity contribution < 1.29 is 14.1 Å². The number of carbonyl (C=O) groups is 1. The molecule has 0 aliphatic rings. The third-order valence-corrected chi connectivity index (χ3v) is 4.64. The smallest absolute Gasteiger partial charge is 0.251 e. The Hall–Kier alpha value is -2.67. The van der Waals surface area contributed by atoms with E-state index in [0.717, 1.165) is 10.0 Å². The van der Waals surface area contributed by atoms with E-state index in [1.54, 1.807) is 31.4 Å². The number of aromatic nitrogens is 2. The summed E-state index contributed by atoms with van der Waals surface area (Å²) in [6, 6.07) is 14.2. The molecule has 140 valence electrons. The van der Waals surface area contributed by atoms with E-state index in [1.165, 1.54) is 0 Å². The first-order valence-corrected chi connectivity index (χ1v) is 9.31. The standard InChI is InChI=1S/C20H20BrN3O3/c1-12(2)17(22-19(25)14-6-10-16(26-3)11-7-14)20-23-18(24-27-20)13-4-8-15(21)9-5-13/h4-12,17H,1-3H3,(H,22,25)/t17-/m1/s1. The van der Waals surface area contributed by atoms with Gasteiger partial charge in [0.2, 0.25) is 11.7 Å². The monoisotopic (exact) mass is 429 g/mol. The molecule has 0 fully saturated rings. The first kappa shape index (κ1) is 19.1. The maximum absolute atomic E-state index is 12.6. The molecule has 0 aliphatic heterocycles. The molecule has 1 N–H and O–H groups in total. The molecular weight excluding hydrogens is 410 g/mol. The number of nitrogens with zero attached hydrogens (tertiary/aromatic N) is 2. The lowest BCUT2D eigenvalue weighted by molar-refractivity contribution is 0.0914. The van der Waals surface area contributed by atoms with Gasteiger partial charge in [0.15, 0.2) is 0 Å². The maximum Gasteiger partial charge on any atom is 0.251 e. The van der Waals surface area contributed by atoms with Gasteiger partial charge in [0, 0.05) is 15.6 Å². The predicted molar refractivity (Wildman–Crippen MR) is 105 cm³/mol. The summed E-state index contributed by atoms with van der Waals surface area (Å²) in [5.41, 5.74) is 1.38. The average Bonchev–Trinajstić information content (AvgIpc) is 3.16. The van der Waals surface area contributed by atoms with Crippen LogP contribution < -0.4 is 10.1 Å². The summed E-state index contributed by atoms with van der Waals surface area (Å²) in [5, 5.41) is 7.03. The summed E-state index contributed by atoms with van der Waals surface area (Å²) in [7, 11) is 1.59. The minimum atomic E-state index is -0.392. The van der Waals surface area contributed by atoms with Crippen LogP contribution in [0.2, 0.25) is 0 Å². The van der Waals surface area contributed by atoms with Gasteiger partial charge in [-0.2, -0.15) is 4.98 Å². The van der Waals surface area contributed by atoms with Crippen LogP contribution in [0, 0.1) is 5.92 Å². The quantitative estimate of drug-likeness (QED) is 0.617. The highest BCUT2D eigenvalue weighted by Gasteiger charge is 2.25. The van der Waals surface area contributed by atoms with Crippen molar-refractivity contribution in [3.63, 3.8) is 0 Å². The number of ether oxygens (including phenoxy) is 1. The molecule has 6 nitrogen and oxygen atoms in total. The number of nitrogens with one attached hydrogen (secondary N) is 1. The minimum Gasteiger partial charge on any atom is -0.497 e. The molecule has 1 aromatic heterocycles. The second-order valence-corrected chi connectivity index (χ2v) is 7.30. The van der Waals surface area contributed by atoms with Crippen molar-refractivity contribution in [1.29, 1.82) is 0 Å². The second kappa shape index (κ2) is 8.35. The molecule has 1 heterocycles. The number of hydrogen-bond acceptors (Lipinski definition) is 5. The molecule has 0 saturated carbocycles. The number of carbonyl (C=O) groups excluding carboxylic acids is 1. The van der Waals surface area contributed by atoms with E-state index in [1.807, 2.05) is 38.1 Å². The van der Waals surface area contributed by atoms with Crippen LogP contribution in [0.25, 0.3) is 11.4 Å². The molecule has 3 rings (SSSR count). The number of methoxy groups -OCH3 is 1. The van der Waals surface area contributed by atoms with Gasteiger partial charge in [-0.25, -0.2) is 0 Å². The van der Waals surface area contributed by atoms with Crippen LogP contribution >= 0.6 is 15.9 Å². The van der Waals surface area contributed by atoms with Gasteiger partial charge < -0.3 is 14.6 Å². The molecule has 0 spiro atoms.